The first-order chi connectivity index (χ1) is 7.69. The molecular formula is C13H21NO2. The fraction of sp³-hybridized carbons (Fsp3) is 0.538. The second kappa shape index (κ2) is 6.38. The monoisotopic (exact) mass is 223 g/mol. The van der Waals surface area contributed by atoms with E-state index in [0.717, 1.165) is 30.9 Å². The molecule has 0 unspecified atom stereocenters. The van der Waals surface area contributed by atoms with Crippen molar-refractivity contribution in [2.24, 2.45) is 0 Å². The van der Waals surface area contributed by atoms with E-state index in [2.05, 4.69) is 18.7 Å². The third kappa shape index (κ3) is 3.42. The number of rotatable bonds is 6. The Balaban J connectivity index is 2.46. The molecule has 0 saturated carbocycles. The smallest absolute Gasteiger partial charge is 0.125 e. The highest BCUT2D eigenvalue weighted by Gasteiger charge is 2.04. The van der Waals surface area contributed by atoms with Gasteiger partial charge >= 0.3 is 0 Å². The van der Waals surface area contributed by atoms with Crippen molar-refractivity contribution < 1.29 is 9.84 Å². The maximum absolute atomic E-state index is 9.51. The number of ether oxygens (including phenoxy) is 1. The minimum atomic E-state index is 0.292. The van der Waals surface area contributed by atoms with Crippen molar-refractivity contribution >= 4 is 0 Å². The van der Waals surface area contributed by atoms with Gasteiger partial charge in [-0.2, -0.15) is 0 Å². The number of nitrogens with zero attached hydrogens (tertiary/aromatic N) is 1. The van der Waals surface area contributed by atoms with E-state index in [1.807, 2.05) is 13.0 Å². The summed E-state index contributed by atoms with van der Waals surface area (Å²) in [6, 6.07) is 5.36. The molecule has 0 spiro atoms. The van der Waals surface area contributed by atoms with Gasteiger partial charge in [0, 0.05) is 12.1 Å². The summed E-state index contributed by atoms with van der Waals surface area (Å²) in [4.78, 5) is 2.30. The number of hydrogen-bond acceptors (Lipinski definition) is 3. The first-order valence-corrected chi connectivity index (χ1v) is 5.82. The number of benzene rings is 1. The zero-order valence-electron chi connectivity index (χ0n) is 10.4. The molecule has 0 aliphatic rings. The van der Waals surface area contributed by atoms with Gasteiger partial charge in [-0.25, -0.2) is 0 Å². The first-order valence-electron chi connectivity index (χ1n) is 5.82. The Morgan fingerprint density at radius 1 is 1.25 bits per heavy atom. The molecular weight excluding hydrogens is 202 g/mol. The summed E-state index contributed by atoms with van der Waals surface area (Å²) in [5.41, 5.74) is 0.807. The normalized spacial score (nSPS) is 10.8. The second-order valence-electron chi connectivity index (χ2n) is 3.78. The van der Waals surface area contributed by atoms with Crippen LogP contribution in [-0.4, -0.2) is 36.2 Å². The number of phenols is 1. The molecule has 0 aromatic heterocycles. The van der Waals surface area contributed by atoms with Crippen LogP contribution in [0, 0.1) is 6.92 Å². The number of hydrogen-bond donors (Lipinski definition) is 1. The predicted molar refractivity (Wildman–Crippen MR) is 66.1 cm³/mol. The molecule has 0 amide bonds. The van der Waals surface area contributed by atoms with Crippen LogP contribution in [0.25, 0.3) is 0 Å². The Kier molecular flexibility index (Phi) is 5.12. The third-order valence-corrected chi connectivity index (χ3v) is 2.82. The Morgan fingerprint density at radius 3 is 2.56 bits per heavy atom. The highest BCUT2D eigenvalue weighted by Crippen LogP contribution is 2.25. The lowest BCUT2D eigenvalue weighted by Gasteiger charge is -2.18. The molecule has 90 valence electrons. The van der Waals surface area contributed by atoms with Crippen LogP contribution < -0.4 is 4.74 Å². The molecule has 0 radical (unpaired) electrons. The van der Waals surface area contributed by atoms with Gasteiger partial charge in [0.15, 0.2) is 0 Å². The average molecular weight is 223 g/mol. The van der Waals surface area contributed by atoms with Crippen LogP contribution in [-0.2, 0) is 0 Å². The fourth-order valence-corrected chi connectivity index (χ4v) is 1.58. The van der Waals surface area contributed by atoms with Crippen LogP contribution >= 0.6 is 0 Å². The van der Waals surface area contributed by atoms with Gasteiger partial charge < -0.3 is 14.7 Å². The van der Waals surface area contributed by atoms with E-state index in [4.69, 9.17) is 4.74 Å². The van der Waals surface area contributed by atoms with Crippen LogP contribution in [0.3, 0.4) is 0 Å². The highest BCUT2D eigenvalue weighted by molar-refractivity contribution is 5.42. The third-order valence-electron chi connectivity index (χ3n) is 2.82. The molecule has 0 aliphatic carbocycles. The van der Waals surface area contributed by atoms with Gasteiger partial charge in [0.25, 0.3) is 0 Å². The van der Waals surface area contributed by atoms with Crippen molar-refractivity contribution in [1.82, 2.24) is 4.90 Å². The molecule has 3 nitrogen and oxygen atoms in total. The van der Waals surface area contributed by atoms with Crippen molar-refractivity contribution in [3.05, 3.63) is 23.8 Å². The predicted octanol–water partition coefficient (Wildman–Crippen LogP) is 2.42. The van der Waals surface area contributed by atoms with E-state index < -0.39 is 0 Å². The van der Waals surface area contributed by atoms with Crippen LogP contribution in [0.4, 0.5) is 0 Å². The summed E-state index contributed by atoms with van der Waals surface area (Å²) in [5, 5.41) is 9.51. The molecule has 1 rings (SSSR count). The molecule has 1 aromatic carbocycles. The summed E-state index contributed by atoms with van der Waals surface area (Å²) < 4.78 is 5.65. The maximum atomic E-state index is 9.51. The lowest BCUT2D eigenvalue weighted by Crippen LogP contribution is -2.27. The molecule has 0 saturated heterocycles. The fourth-order valence-electron chi connectivity index (χ4n) is 1.58. The highest BCUT2D eigenvalue weighted by atomic mass is 16.5. The summed E-state index contributed by atoms with van der Waals surface area (Å²) in [7, 11) is 0. The van der Waals surface area contributed by atoms with Crippen LogP contribution in [0.5, 0.6) is 11.5 Å². The minimum absolute atomic E-state index is 0.292. The van der Waals surface area contributed by atoms with Crippen molar-refractivity contribution in [2.45, 2.75) is 20.8 Å². The van der Waals surface area contributed by atoms with Crippen molar-refractivity contribution in [3.8, 4) is 11.5 Å². The van der Waals surface area contributed by atoms with Gasteiger partial charge in [0.05, 0.1) is 0 Å². The van der Waals surface area contributed by atoms with Gasteiger partial charge in [0.2, 0.25) is 0 Å². The first kappa shape index (κ1) is 12.8. The molecule has 3 heteroatoms. The standard InChI is InChI=1S/C13H21NO2/c1-4-14(5-2)9-10-16-13-8-6-7-12(15)11(13)3/h6-8,15H,4-5,9-10H2,1-3H3. The van der Waals surface area contributed by atoms with Crippen molar-refractivity contribution in [3.63, 3.8) is 0 Å². The van der Waals surface area contributed by atoms with Gasteiger partial charge in [-0.3, -0.25) is 0 Å². The quantitative estimate of drug-likeness (QED) is 0.804. The zero-order chi connectivity index (χ0) is 12.0. The Labute approximate surface area is 97.7 Å². The molecule has 16 heavy (non-hydrogen) atoms. The number of likely N-dealkylation sites (N-methyl/N-ethyl adjacent to an activating group) is 1. The SMILES string of the molecule is CCN(CC)CCOc1cccc(O)c1C. The zero-order valence-corrected chi connectivity index (χ0v) is 10.4. The van der Waals surface area contributed by atoms with Gasteiger partial charge in [-0.1, -0.05) is 19.9 Å². The summed E-state index contributed by atoms with van der Waals surface area (Å²) in [6.07, 6.45) is 0. The minimum Gasteiger partial charge on any atom is -0.508 e. The van der Waals surface area contributed by atoms with Crippen LogP contribution in [0.2, 0.25) is 0 Å². The van der Waals surface area contributed by atoms with E-state index >= 15 is 0 Å². The summed E-state index contributed by atoms with van der Waals surface area (Å²) in [6.45, 7) is 9.81. The molecule has 0 aliphatic heterocycles. The lowest BCUT2D eigenvalue weighted by atomic mass is 10.2. The lowest BCUT2D eigenvalue weighted by molar-refractivity contribution is 0.221. The van der Waals surface area contributed by atoms with E-state index in [0.29, 0.717) is 12.4 Å². The average Bonchev–Trinajstić information content (AvgIpc) is 2.30. The Morgan fingerprint density at radius 2 is 1.94 bits per heavy atom. The molecule has 1 N–H and O–H groups in total. The van der Waals surface area contributed by atoms with Crippen LogP contribution in [0.1, 0.15) is 19.4 Å². The molecule has 1 aromatic rings. The second-order valence-corrected chi connectivity index (χ2v) is 3.78. The molecule has 0 fully saturated rings. The number of phenolic OH excluding ortho intramolecular Hbond substituents is 1. The van der Waals surface area contributed by atoms with Crippen molar-refractivity contribution in [1.29, 1.82) is 0 Å². The van der Waals surface area contributed by atoms with Gasteiger partial charge in [-0.05, 0) is 32.1 Å². The topological polar surface area (TPSA) is 32.7 Å². The molecule has 0 heterocycles. The van der Waals surface area contributed by atoms with E-state index in [1.54, 1.807) is 12.1 Å². The number of aromatic hydroxyl groups is 1. The Hall–Kier alpha value is -1.22. The molecule has 0 atom stereocenters. The van der Waals surface area contributed by atoms with Crippen molar-refractivity contribution in [2.75, 3.05) is 26.2 Å². The van der Waals surface area contributed by atoms with Crippen LogP contribution in [0.15, 0.2) is 18.2 Å². The summed E-state index contributed by atoms with van der Waals surface area (Å²) in [5.74, 6) is 1.06. The summed E-state index contributed by atoms with van der Waals surface area (Å²) >= 11 is 0. The van der Waals surface area contributed by atoms with E-state index in [1.165, 1.54) is 0 Å². The Bertz CT molecular complexity index is 322. The van der Waals surface area contributed by atoms with Gasteiger partial charge in [0.1, 0.15) is 18.1 Å². The van der Waals surface area contributed by atoms with Gasteiger partial charge in [-0.15, -0.1) is 0 Å². The largest absolute Gasteiger partial charge is 0.508 e. The molecule has 0 bridgehead atoms. The van der Waals surface area contributed by atoms with E-state index in [-0.39, 0.29) is 0 Å². The van der Waals surface area contributed by atoms with E-state index in [9.17, 15) is 5.11 Å². The maximum Gasteiger partial charge on any atom is 0.125 e.